The summed E-state index contributed by atoms with van der Waals surface area (Å²) in [5.74, 6) is 0. The zero-order valence-electron chi connectivity index (χ0n) is 15.9. The third-order valence-corrected chi connectivity index (χ3v) is 4.91. The predicted octanol–water partition coefficient (Wildman–Crippen LogP) is 2.22. The van der Waals surface area contributed by atoms with Crippen molar-refractivity contribution < 1.29 is 4.74 Å². The number of para-hydroxylation sites is 1. The molecule has 0 spiro atoms. The van der Waals surface area contributed by atoms with E-state index in [1.165, 1.54) is 5.69 Å². The van der Waals surface area contributed by atoms with Gasteiger partial charge in [0, 0.05) is 48.8 Å². The van der Waals surface area contributed by atoms with E-state index in [9.17, 15) is 0 Å². The molecule has 1 fully saturated rings. The van der Waals surface area contributed by atoms with Gasteiger partial charge in [0.1, 0.15) is 0 Å². The minimum Gasteiger partial charge on any atom is -0.379 e. The van der Waals surface area contributed by atoms with Crippen LogP contribution in [0.1, 0.15) is 17.0 Å². The van der Waals surface area contributed by atoms with Crippen LogP contribution in [-0.2, 0) is 4.74 Å². The van der Waals surface area contributed by atoms with Gasteiger partial charge in [-0.1, -0.05) is 18.2 Å². The molecule has 2 N–H and O–H groups in total. The molecule has 3 rings (SSSR count). The molecule has 144 valence electrons. The van der Waals surface area contributed by atoms with Crippen LogP contribution in [0.25, 0.3) is 5.69 Å². The number of aromatic nitrogens is 1. The van der Waals surface area contributed by atoms with Crippen LogP contribution >= 0.6 is 12.2 Å². The first-order chi connectivity index (χ1) is 13.1. The van der Waals surface area contributed by atoms with Crippen LogP contribution in [0, 0.1) is 13.8 Å². The molecule has 7 heteroatoms. The van der Waals surface area contributed by atoms with Crippen LogP contribution in [0.5, 0.6) is 0 Å². The van der Waals surface area contributed by atoms with Crippen LogP contribution in [0.2, 0.25) is 0 Å². The molecule has 2 heterocycles. The Morgan fingerprint density at radius 3 is 2.70 bits per heavy atom. The lowest BCUT2D eigenvalue weighted by molar-refractivity contribution is 0.0389. The molecule has 0 aliphatic carbocycles. The number of aryl methyl sites for hydroxylation is 1. The monoisotopic (exact) mass is 385 g/mol. The van der Waals surface area contributed by atoms with Crippen molar-refractivity contribution in [2.45, 2.75) is 13.8 Å². The minimum atomic E-state index is 0.538. The molecule has 6 nitrogen and oxygen atoms in total. The van der Waals surface area contributed by atoms with E-state index in [4.69, 9.17) is 17.0 Å². The second-order valence-corrected chi connectivity index (χ2v) is 6.99. The number of nitrogens with one attached hydrogen (secondary N) is 2. The number of hydrazone groups is 1. The molecule has 27 heavy (non-hydrogen) atoms. The zero-order chi connectivity index (χ0) is 19.1. The Balaban J connectivity index is 1.50. The lowest BCUT2D eigenvalue weighted by Crippen LogP contribution is -2.42. The summed E-state index contributed by atoms with van der Waals surface area (Å²) in [6.07, 6.45) is 1.82. The van der Waals surface area contributed by atoms with Crippen molar-refractivity contribution in [1.82, 2.24) is 20.2 Å². The van der Waals surface area contributed by atoms with E-state index in [-0.39, 0.29) is 0 Å². The highest BCUT2D eigenvalue weighted by atomic mass is 32.1. The highest BCUT2D eigenvalue weighted by molar-refractivity contribution is 7.80. The average molecular weight is 386 g/mol. The number of hydrogen-bond acceptors (Lipinski definition) is 4. The molecule has 0 saturated carbocycles. The molecular formula is C20H27N5OS. The number of nitrogens with zero attached hydrogens (tertiary/aromatic N) is 3. The number of thiocarbonyl (C=S) groups is 1. The zero-order valence-corrected chi connectivity index (χ0v) is 16.8. The first kappa shape index (κ1) is 19.5. The summed E-state index contributed by atoms with van der Waals surface area (Å²) in [7, 11) is 0. The maximum Gasteiger partial charge on any atom is 0.187 e. The summed E-state index contributed by atoms with van der Waals surface area (Å²) in [4.78, 5) is 2.36. The number of hydrogen-bond donors (Lipinski definition) is 2. The van der Waals surface area contributed by atoms with Gasteiger partial charge in [0.2, 0.25) is 0 Å². The highest BCUT2D eigenvalue weighted by Crippen LogP contribution is 2.19. The summed E-state index contributed by atoms with van der Waals surface area (Å²) < 4.78 is 7.57. The molecule has 2 aromatic rings. The van der Waals surface area contributed by atoms with Crippen LogP contribution in [-0.4, -0.2) is 60.2 Å². The number of ether oxygens (including phenoxy) is 1. The first-order valence-corrected chi connectivity index (χ1v) is 9.67. The molecule has 0 amide bonds. The molecule has 1 aliphatic heterocycles. The second-order valence-electron chi connectivity index (χ2n) is 6.58. The summed E-state index contributed by atoms with van der Waals surface area (Å²) in [5, 5.41) is 8.02. The Kier molecular flexibility index (Phi) is 6.98. The summed E-state index contributed by atoms with van der Waals surface area (Å²) in [5.41, 5.74) is 7.45. The Morgan fingerprint density at radius 1 is 1.22 bits per heavy atom. The lowest BCUT2D eigenvalue weighted by Gasteiger charge is -2.26. The van der Waals surface area contributed by atoms with Crippen LogP contribution in [0.4, 0.5) is 0 Å². The van der Waals surface area contributed by atoms with E-state index in [0.29, 0.717) is 5.11 Å². The normalized spacial score (nSPS) is 15.2. The molecule has 0 unspecified atom stereocenters. The summed E-state index contributed by atoms with van der Waals surface area (Å²) in [6, 6.07) is 12.5. The second kappa shape index (κ2) is 9.64. The van der Waals surface area contributed by atoms with Gasteiger partial charge in [0.25, 0.3) is 0 Å². The van der Waals surface area contributed by atoms with Crippen molar-refractivity contribution in [3.8, 4) is 5.69 Å². The van der Waals surface area contributed by atoms with Gasteiger partial charge in [0.15, 0.2) is 5.11 Å². The third kappa shape index (κ3) is 5.38. The van der Waals surface area contributed by atoms with Gasteiger partial charge < -0.3 is 14.6 Å². The maximum atomic E-state index is 5.35. The maximum absolute atomic E-state index is 5.35. The van der Waals surface area contributed by atoms with Crippen LogP contribution in [0.15, 0.2) is 41.5 Å². The van der Waals surface area contributed by atoms with E-state index in [0.717, 1.165) is 56.3 Å². The first-order valence-electron chi connectivity index (χ1n) is 9.26. The van der Waals surface area contributed by atoms with Crippen molar-refractivity contribution in [1.29, 1.82) is 0 Å². The fourth-order valence-corrected chi connectivity index (χ4v) is 3.40. The Bertz CT molecular complexity index is 781. The van der Waals surface area contributed by atoms with Crippen LogP contribution < -0.4 is 10.7 Å². The van der Waals surface area contributed by atoms with Crippen LogP contribution in [0.3, 0.4) is 0 Å². The van der Waals surface area contributed by atoms with E-state index in [1.54, 1.807) is 0 Å². The van der Waals surface area contributed by atoms with Gasteiger partial charge in [-0.25, -0.2) is 0 Å². The Morgan fingerprint density at radius 2 is 1.96 bits per heavy atom. The number of benzene rings is 1. The van der Waals surface area contributed by atoms with Crippen molar-refractivity contribution in [2.24, 2.45) is 5.10 Å². The predicted molar refractivity (Wildman–Crippen MR) is 114 cm³/mol. The quantitative estimate of drug-likeness (QED) is 0.454. The fraction of sp³-hybridized carbons (Fsp3) is 0.400. The molecule has 0 bridgehead atoms. The average Bonchev–Trinajstić information content (AvgIpc) is 2.97. The molecule has 0 radical (unpaired) electrons. The van der Waals surface area contributed by atoms with E-state index in [1.807, 2.05) is 24.4 Å². The van der Waals surface area contributed by atoms with Gasteiger partial charge in [0.05, 0.1) is 19.4 Å². The molecule has 1 aromatic heterocycles. The van der Waals surface area contributed by atoms with Gasteiger partial charge in [-0.15, -0.1) is 0 Å². The SMILES string of the molecule is Cc1cc(/C=N\NC(=S)NCCN2CCOCC2)c(C)n1-c1ccccc1. The summed E-state index contributed by atoms with van der Waals surface area (Å²) in [6.45, 7) is 9.54. The molecular weight excluding hydrogens is 358 g/mol. The summed E-state index contributed by atoms with van der Waals surface area (Å²) >= 11 is 5.29. The molecule has 1 aromatic carbocycles. The Hall–Kier alpha value is -2.22. The van der Waals surface area contributed by atoms with E-state index in [2.05, 4.69) is 57.4 Å². The standard InChI is InChI=1S/C20H27N5OS/c1-16-14-18(17(2)25(16)19-6-4-3-5-7-19)15-22-23-20(27)21-8-9-24-10-12-26-13-11-24/h3-7,14-15H,8-13H2,1-2H3,(H2,21,23,27)/b22-15-. The minimum absolute atomic E-state index is 0.538. The topological polar surface area (TPSA) is 53.8 Å². The van der Waals surface area contributed by atoms with Crippen molar-refractivity contribution in [3.05, 3.63) is 53.3 Å². The largest absolute Gasteiger partial charge is 0.379 e. The lowest BCUT2D eigenvalue weighted by atomic mass is 10.2. The van der Waals surface area contributed by atoms with Gasteiger partial charge in [-0.2, -0.15) is 5.10 Å². The fourth-order valence-electron chi connectivity index (χ4n) is 3.24. The van der Waals surface area contributed by atoms with Crippen molar-refractivity contribution in [2.75, 3.05) is 39.4 Å². The van der Waals surface area contributed by atoms with Crippen molar-refractivity contribution >= 4 is 23.5 Å². The van der Waals surface area contributed by atoms with Gasteiger partial charge >= 0.3 is 0 Å². The molecule has 1 saturated heterocycles. The number of morpholine rings is 1. The highest BCUT2D eigenvalue weighted by Gasteiger charge is 2.10. The van der Waals surface area contributed by atoms with E-state index >= 15 is 0 Å². The third-order valence-electron chi connectivity index (χ3n) is 4.67. The molecule has 0 atom stereocenters. The van der Waals surface area contributed by atoms with E-state index < -0.39 is 0 Å². The Labute approximate surface area is 166 Å². The van der Waals surface area contributed by atoms with Gasteiger partial charge in [-0.05, 0) is 44.3 Å². The number of rotatable bonds is 6. The smallest absolute Gasteiger partial charge is 0.187 e. The van der Waals surface area contributed by atoms with Crippen molar-refractivity contribution in [3.63, 3.8) is 0 Å². The van der Waals surface area contributed by atoms with Gasteiger partial charge in [-0.3, -0.25) is 10.3 Å². The molecule has 1 aliphatic rings.